The molecule has 0 aromatic rings. The Kier molecular flexibility index (Phi) is 9.35. The van der Waals surface area contributed by atoms with E-state index in [9.17, 15) is 0 Å². The topological polar surface area (TPSA) is 29.5 Å². The molecule has 0 unspecified atom stereocenters. The van der Waals surface area contributed by atoms with E-state index >= 15 is 0 Å². The number of rotatable bonds is 9. The van der Waals surface area contributed by atoms with Gasteiger partial charge in [0.05, 0.1) is 13.2 Å². The molecule has 0 saturated carbocycles. The molecule has 0 aliphatic rings. The Morgan fingerprint density at radius 2 is 1.80 bits per heavy atom. The number of aliphatic hydroxyl groups is 1. The minimum Gasteiger partial charge on any atom is -0.413 e. The van der Waals surface area contributed by atoms with Crippen LogP contribution in [0.25, 0.3) is 0 Å². The fourth-order valence-electron chi connectivity index (χ4n) is 1.58. The van der Waals surface area contributed by atoms with Crippen molar-refractivity contribution >= 4 is 8.32 Å². The molecule has 0 aliphatic heterocycles. The fourth-order valence-corrected chi connectivity index (χ4v) is 2.53. The van der Waals surface area contributed by atoms with Gasteiger partial charge in [-0.25, -0.2) is 0 Å². The van der Waals surface area contributed by atoms with E-state index in [0.29, 0.717) is 0 Å². The number of hydrogen-bond donors (Lipinski definition) is 1. The summed E-state index contributed by atoms with van der Waals surface area (Å²) in [5, 5.41) is 9.05. The minimum absolute atomic E-state index is 0.163. The summed E-state index contributed by atoms with van der Waals surface area (Å²) in [5.41, 5.74) is 1.29. The van der Waals surface area contributed by atoms with Crippen LogP contribution in [0.1, 0.15) is 53.4 Å². The summed E-state index contributed by atoms with van der Waals surface area (Å²) in [6, 6.07) is 0. The summed E-state index contributed by atoms with van der Waals surface area (Å²) in [5.74, 6) is 0. The van der Waals surface area contributed by atoms with Gasteiger partial charge in [0, 0.05) is 0 Å². The first kappa shape index (κ1) is 19.6. The van der Waals surface area contributed by atoms with E-state index in [1.165, 1.54) is 18.4 Å². The number of allylic oxidation sites excluding steroid dienone is 2. The second-order valence-electron chi connectivity index (χ2n) is 7.02. The predicted molar refractivity (Wildman–Crippen MR) is 91.6 cm³/mol. The number of hydrogen-bond acceptors (Lipinski definition) is 2. The maximum atomic E-state index is 8.76. The molecule has 1 N–H and O–H groups in total. The highest BCUT2D eigenvalue weighted by atomic mass is 28.4. The van der Waals surface area contributed by atoms with Crippen molar-refractivity contribution in [3.05, 3.63) is 23.8 Å². The normalized spacial score (nSPS) is 14.2. The molecule has 0 heterocycles. The Balaban J connectivity index is 3.72. The third-order valence-corrected chi connectivity index (χ3v) is 8.65. The predicted octanol–water partition coefficient (Wildman–Crippen LogP) is 5.06. The van der Waals surface area contributed by atoms with E-state index in [4.69, 9.17) is 9.53 Å². The van der Waals surface area contributed by atoms with Gasteiger partial charge >= 0.3 is 0 Å². The summed E-state index contributed by atoms with van der Waals surface area (Å²) in [6.07, 6.45) is 10.9. The summed E-state index contributed by atoms with van der Waals surface area (Å²) >= 11 is 0. The molecule has 0 radical (unpaired) electrons. The van der Waals surface area contributed by atoms with Gasteiger partial charge in [0.2, 0.25) is 0 Å². The van der Waals surface area contributed by atoms with Crippen molar-refractivity contribution in [1.29, 1.82) is 0 Å². The van der Waals surface area contributed by atoms with Gasteiger partial charge < -0.3 is 9.53 Å². The average Bonchev–Trinajstić information content (AvgIpc) is 2.31. The lowest BCUT2D eigenvalue weighted by Gasteiger charge is -2.35. The highest BCUT2D eigenvalue weighted by Crippen LogP contribution is 2.36. The lowest BCUT2D eigenvalue weighted by Crippen LogP contribution is -2.40. The maximum absolute atomic E-state index is 8.76. The first-order valence-corrected chi connectivity index (χ1v) is 10.7. The SMILES string of the molecule is C/C(=C/CO)CCCC/C=C/CO[Si](C)(C)C(C)(C)C. The van der Waals surface area contributed by atoms with Gasteiger partial charge in [-0.05, 0) is 50.7 Å². The zero-order chi connectivity index (χ0) is 15.6. The van der Waals surface area contributed by atoms with E-state index in [2.05, 4.69) is 52.9 Å². The quantitative estimate of drug-likeness (QED) is 0.366. The van der Waals surface area contributed by atoms with Crippen molar-refractivity contribution in [3.8, 4) is 0 Å². The van der Waals surface area contributed by atoms with E-state index < -0.39 is 8.32 Å². The molecule has 0 bridgehead atoms. The van der Waals surface area contributed by atoms with Crippen molar-refractivity contribution in [1.82, 2.24) is 0 Å². The highest BCUT2D eigenvalue weighted by molar-refractivity contribution is 6.74. The van der Waals surface area contributed by atoms with Gasteiger partial charge in [-0.15, -0.1) is 0 Å². The summed E-state index contributed by atoms with van der Waals surface area (Å²) < 4.78 is 6.09. The van der Waals surface area contributed by atoms with Crippen molar-refractivity contribution in [2.45, 2.75) is 71.5 Å². The van der Waals surface area contributed by atoms with Crippen LogP contribution in [0, 0.1) is 0 Å². The highest BCUT2D eigenvalue weighted by Gasteiger charge is 2.36. The molecule has 0 fully saturated rings. The van der Waals surface area contributed by atoms with Gasteiger partial charge in [0.25, 0.3) is 0 Å². The Morgan fingerprint density at radius 1 is 1.15 bits per heavy atom. The molecule has 0 saturated heterocycles. The van der Waals surface area contributed by atoms with Crippen molar-refractivity contribution in [2.24, 2.45) is 0 Å². The summed E-state index contributed by atoms with van der Waals surface area (Å²) in [7, 11) is -1.59. The minimum atomic E-state index is -1.59. The van der Waals surface area contributed by atoms with Crippen LogP contribution in [0.5, 0.6) is 0 Å². The van der Waals surface area contributed by atoms with Crippen LogP contribution in [-0.2, 0) is 4.43 Å². The number of aliphatic hydroxyl groups excluding tert-OH is 1. The fraction of sp³-hybridized carbons (Fsp3) is 0.765. The largest absolute Gasteiger partial charge is 0.413 e. The molecule has 0 atom stereocenters. The third-order valence-electron chi connectivity index (χ3n) is 4.14. The molecular formula is C17H34O2Si. The standard InChI is InChI=1S/C17H34O2Si/c1-16(13-14-18)12-10-8-7-9-11-15-19-20(5,6)17(2,3)4/h9,11,13,18H,7-8,10,12,14-15H2,1-6H3/b11-9+,16-13-. The van der Waals surface area contributed by atoms with E-state index in [1.54, 1.807) is 0 Å². The first-order chi connectivity index (χ1) is 9.20. The van der Waals surface area contributed by atoms with Crippen LogP contribution >= 0.6 is 0 Å². The molecule has 2 nitrogen and oxygen atoms in total. The first-order valence-electron chi connectivity index (χ1n) is 7.76. The zero-order valence-electron chi connectivity index (χ0n) is 14.3. The molecular weight excluding hydrogens is 264 g/mol. The Labute approximate surface area is 127 Å². The average molecular weight is 299 g/mol. The molecule has 0 aromatic heterocycles. The lowest BCUT2D eigenvalue weighted by molar-refractivity contribution is 0.327. The Bertz CT molecular complexity index is 311. The van der Waals surface area contributed by atoms with E-state index in [1.807, 2.05) is 6.08 Å². The van der Waals surface area contributed by atoms with E-state index in [-0.39, 0.29) is 11.6 Å². The molecule has 118 valence electrons. The smallest absolute Gasteiger partial charge is 0.192 e. The van der Waals surface area contributed by atoms with Crippen molar-refractivity contribution in [2.75, 3.05) is 13.2 Å². The monoisotopic (exact) mass is 298 g/mol. The maximum Gasteiger partial charge on any atom is 0.192 e. The Morgan fingerprint density at radius 3 is 2.35 bits per heavy atom. The second-order valence-corrected chi connectivity index (χ2v) is 11.8. The molecule has 0 aromatic carbocycles. The van der Waals surface area contributed by atoms with Gasteiger partial charge in [-0.2, -0.15) is 0 Å². The molecule has 3 heteroatoms. The summed E-state index contributed by atoms with van der Waals surface area (Å²) in [4.78, 5) is 0. The van der Waals surface area contributed by atoms with Gasteiger partial charge in [0.15, 0.2) is 8.32 Å². The van der Waals surface area contributed by atoms with Gasteiger partial charge in [-0.3, -0.25) is 0 Å². The summed E-state index contributed by atoms with van der Waals surface area (Å²) in [6.45, 7) is 14.4. The third kappa shape index (κ3) is 8.72. The molecule has 20 heavy (non-hydrogen) atoms. The van der Waals surface area contributed by atoms with Gasteiger partial charge in [0.1, 0.15) is 0 Å². The van der Waals surface area contributed by atoms with Crippen molar-refractivity contribution < 1.29 is 9.53 Å². The molecule has 0 spiro atoms. The van der Waals surface area contributed by atoms with Crippen molar-refractivity contribution in [3.63, 3.8) is 0 Å². The van der Waals surface area contributed by atoms with Crippen LogP contribution in [0.2, 0.25) is 18.1 Å². The lowest BCUT2D eigenvalue weighted by atomic mass is 10.1. The second kappa shape index (κ2) is 9.53. The number of unbranched alkanes of at least 4 members (excludes halogenated alkanes) is 2. The molecule has 0 amide bonds. The Hall–Kier alpha value is -0.383. The van der Waals surface area contributed by atoms with Gasteiger partial charge in [-0.1, -0.05) is 44.6 Å². The zero-order valence-corrected chi connectivity index (χ0v) is 15.3. The molecule has 0 aliphatic carbocycles. The van der Waals surface area contributed by atoms with E-state index in [0.717, 1.165) is 19.4 Å². The van der Waals surface area contributed by atoms with Crippen LogP contribution in [0.4, 0.5) is 0 Å². The molecule has 0 rings (SSSR count). The van der Waals surface area contributed by atoms with Crippen LogP contribution in [0.3, 0.4) is 0 Å². The van der Waals surface area contributed by atoms with Crippen LogP contribution in [0.15, 0.2) is 23.8 Å². The van der Waals surface area contributed by atoms with Crippen LogP contribution < -0.4 is 0 Å². The van der Waals surface area contributed by atoms with Crippen LogP contribution in [-0.4, -0.2) is 26.6 Å².